The van der Waals surface area contributed by atoms with E-state index in [1.54, 1.807) is 26.1 Å². The van der Waals surface area contributed by atoms with Crippen molar-refractivity contribution >= 4 is 27.5 Å². The summed E-state index contributed by atoms with van der Waals surface area (Å²) < 4.78 is 26.6. The summed E-state index contributed by atoms with van der Waals surface area (Å²) in [6.45, 7) is 8.75. The summed E-state index contributed by atoms with van der Waals surface area (Å²) in [5, 5.41) is 5.68. The summed E-state index contributed by atoms with van der Waals surface area (Å²) in [5.74, 6) is -0.354. The maximum absolute atomic E-state index is 12.6. The molecule has 1 aromatic carbocycles. The van der Waals surface area contributed by atoms with E-state index in [1.807, 2.05) is 20.8 Å². The van der Waals surface area contributed by atoms with Crippen molar-refractivity contribution in [2.45, 2.75) is 57.0 Å². The number of rotatable bonds is 7. The molecule has 9 heteroatoms. The van der Waals surface area contributed by atoms with Crippen molar-refractivity contribution in [3.63, 3.8) is 0 Å². The van der Waals surface area contributed by atoms with Crippen LogP contribution < -0.4 is 15.5 Å². The maximum atomic E-state index is 12.6. The predicted octanol–water partition coefficient (Wildman–Crippen LogP) is 0.228. The molecule has 1 aromatic rings. The Kier molecular flexibility index (Phi) is 7.42. The zero-order valence-corrected chi connectivity index (χ0v) is 18.7. The van der Waals surface area contributed by atoms with E-state index in [1.165, 1.54) is 16.4 Å². The molecule has 29 heavy (non-hydrogen) atoms. The Hall–Kier alpha value is -1.97. The molecule has 162 valence electrons. The van der Waals surface area contributed by atoms with E-state index >= 15 is 0 Å². The highest BCUT2D eigenvalue weighted by molar-refractivity contribution is 7.89. The molecular weight excluding hydrogens is 392 g/mol. The fraction of sp³-hybridized carbons (Fsp3) is 0.600. The van der Waals surface area contributed by atoms with Crippen LogP contribution in [0, 0.1) is 0 Å². The number of sulfonamides is 1. The Morgan fingerprint density at radius 2 is 1.69 bits per heavy atom. The van der Waals surface area contributed by atoms with Crippen LogP contribution in [0.15, 0.2) is 29.2 Å². The molecule has 1 fully saturated rings. The van der Waals surface area contributed by atoms with Crippen molar-refractivity contribution < 1.29 is 22.9 Å². The van der Waals surface area contributed by atoms with Gasteiger partial charge in [-0.3, -0.25) is 9.59 Å². The van der Waals surface area contributed by atoms with Gasteiger partial charge < -0.3 is 15.5 Å². The van der Waals surface area contributed by atoms with Gasteiger partial charge in [-0.2, -0.15) is 4.31 Å². The highest BCUT2D eigenvalue weighted by atomic mass is 32.2. The third-order valence-electron chi connectivity index (χ3n) is 4.91. The SMILES string of the molecule is C[C@@H](C(=O)Nc1ccc(S(=O)(=O)N2CCCC2)cc1)[NH+](C)CC(=O)NC(C)(C)C. The standard InChI is InChI=1S/C20H32N4O4S/c1-15(23(5)14-18(25)22-20(2,3)4)19(26)21-16-8-10-17(11-9-16)29(27,28)24-12-6-7-13-24/h8-11,15H,6-7,12-14H2,1-5H3,(H,21,26)(H,22,25)/p+1/t15-/m0/s1. The number of nitrogens with one attached hydrogen (secondary N) is 3. The molecule has 0 aliphatic carbocycles. The van der Waals surface area contributed by atoms with Crippen molar-refractivity contribution in [3.8, 4) is 0 Å². The molecule has 1 unspecified atom stereocenters. The average Bonchev–Trinajstić information content (AvgIpc) is 3.15. The summed E-state index contributed by atoms with van der Waals surface area (Å²) in [4.78, 5) is 25.6. The molecule has 0 radical (unpaired) electrons. The lowest BCUT2D eigenvalue weighted by Gasteiger charge is -2.24. The molecule has 0 bridgehead atoms. The molecule has 8 nitrogen and oxygen atoms in total. The normalized spacial score (nSPS) is 17.6. The van der Waals surface area contributed by atoms with Crippen LogP contribution in [0.3, 0.4) is 0 Å². The lowest BCUT2D eigenvalue weighted by atomic mass is 10.1. The second-order valence-corrected chi connectivity index (χ2v) is 10.6. The molecule has 2 amide bonds. The van der Waals surface area contributed by atoms with Gasteiger partial charge in [-0.1, -0.05) is 0 Å². The first-order chi connectivity index (χ1) is 13.4. The summed E-state index contributed by atoms with van der Waals surface area (Å²) in [6.07, 6.45) is 1.77. The zero-order valence-electron chi connectivity index (χ0n) is 17.9. The van der Waals surface area contributed by atoms with Gasteiger partial charge >= 0.3 is 0 Å². The summed E-state index contributed by atoms with van der Waals surface area (Å²) in [5.41, 5.74) is 0.203. The lowest BCUT2D eigenvalue weighted by Crippen LogP contribution is -3.15. The van der Waals surface area contributed by atoms with Gasteiger partial charge in [0.25, 0.3) is 11.8 Å². The molecule has 1 aliphatic rings. The van der Waals surface area contributed by atoms with E-state index in [4.69, 9.17) is 0 Å². The Bertz CT molecular complexity index is 825. The quantitative estimate of drug-likeness (QED) is 0.582. The molecule has 0 aromatic heterocycles. The maximum Gasteiger partial charge on any atom is 0.282 e. The monoisotopic (exact) mass is 425 g/mol. The van der Waals surface area contributed by atoms with Crippen LogP contribution in [0.5, 0.6) is 0 Å². The van der Waals surface area contributed by atoms with Crippen LogP contribution in [0.25, 0.3) is 0 Å². The predicted molar refractivity (Wildman–Crippen MR) is 112 cm³/mol. The molecule has 2 rings (SSSR count). The van der Waals surface area contributed by atoms with Gasteiger partial charge in [-0.25, -0.2) is 8.42 Å². The van der Waals surface area contributed by atoms with Gasteiger partial charge in [0, 0.05) is 24.3 Å². The van der Waals surface area contributed by atoms with E-state index < -0.39 is 16.1 Å². The highest BCUT2D eigenvalue weighted by Crippen LogP contribution is 2.22. The fourth-order valence-corrected chi connectivity index (χ4v) is 4.65. The Morgan fingerprint density at radius 3 is 2.21 bits per heavy atom. The minimum absolute atomic E-state index is 0.119. The third-order valence-corrected chi connectivity index (χ3v) is 6.82. The minimum Gasteiger partial charge on any atom is -0.347 e. The first-order valence-electron chi connectivity index (χ1n) is 9.94. The molecule has 0 spiro atoms. The highest BCUT2D eigenvalue weighted by Gasteiger charge is 2.28. The smallest absolute Gasteiger partial charge is 0.282 e. The second kappa shape index (κ2) is 9.23. The number of amides is 2. The topological polar surface area (TPSA) is 100 Å². The van der Waals surface area contributed by atoms with Gasteiger partial charge in [-0.15, -0.1) is 0 Å². The lowest BCUT2D eigenvalue weighted by molar-refractivity contribution is -0.885. The van der Waals surface area contributed by atoms with Crippen LogP contribution in [0.2, 0.25) is 0 Å². The molecule has 0 saturated carbocycles. The van der Waals surface area contributed by atoms with Gasteiger partial charge in [0.05, 0.1) is 11.9 Å². The average molecular weight is 426 g/mol. The van der Waals surface area contributed by atoms with Crippen molar-refractivity contribution in [2.24, 2.45) is 0 Å². The fourth-order valence-electron chi connectivity index (χ4n) is 3.13. The number of likely N-dealkylation sites (N-methyl/N-ethyl adjacent to an activating group) is 1. The van der Waals surface area contributed by atoms with E-state index in [2.05, 4.69) is 10.6 Å². The van der Waals surface area contributed by atoms with Crippen LogP contribution in [-0.2, 0) is 19.6 Å². The van der Waals surface area contributed by atoms with Gasteiger partial charge in [0.2, 0.25) is 10.0 Å². The molecule has 1 aliphatic heterocycles. The summed E-state index contributed by atoms with van der Waals surface area (Å²) >= 11 is 0. The van der Waals surface area contributed by atoms with E-state index in [0.717, 1.165) is 17.7 Å². The third kappa shape index (κ3) is 6.52. The zero-order chi connectivity index (χ0) is 21.8. The van der Waals surface area contributed by atoms with Gasteiger partial charge in [-0.05, 0) is 64.8 Å². The first-order valence-corrected chi connectivity index (χ1v) is 11.4. The Labute approximate surface area is 173 Å². The van der Waals surface area contributed by atoms with Crippen molar-refractivity contribution in [3.05, 3.63) is 24.3 Å². The number of carbonyl (C=O) groups is 2. The Balaban J connectivity index is 1.95. The first kappa shape index (κ1) is 23.3. The number of hydrogen-bond acceptors (Lipinski definition) is 4. The van der Waals surface area contributed by atoms with Gasteiger partial charge in [0.15, 0.2) is 12.6 Å². The molecule has 1 heterocycles. The number of carbonyl (C=O) groups excluding carboxylic acids is 2. The summed E-state index contributed by atoms with van der Waals surface area (Å²) in [7, 11) is -1.68. The number of quaternary nitrogens is 1. The minimum atomic E-state index is -3.47. The van der Waals surface area contributed by atoms with Crippen molar-refractivity contribution in [1.29, 1.82) is 0 Å². The van der Waals surface area contributed by atoms with Gasteiger partial charge in [0.1, 0.15) is 0 Å². The number of nitrogens with zero attached hydrogens (tertiary/aromatic N) is 1. The second-order valence-electron chi connectivity index (χ2n) is 8.67. The molecule has 3 N–H and O–H groups in total. The summed E-state index contributed by atoms with van der Waals surface area (Å²) in [6, 6.07) is 5.77. The Morgan fingerprint density at radius 1 is 1.14 bits per heavy atom. The number of anilines is 1. The van der Waals surface area contributed by atoms with Crippen LogP contribution in [-0.4, -0.2) is 62.8 Å². The number of benzene rings is 1. The molecule has 2 atom stereocenters. The van der Waals surface area contributed by atoms with E-state index in [-0.39, 0.29) is 28.8 Å². The van der Waals surface area contributed by atoms with Crippen LogP contribution >= 0.6 is 0 Å². The van der Waals surface area contributed by atoms with Crippen LogP contribution in [0.4, 0.5) is 5.69 Å². The van der Waals surface area contributed by atoms with Crippen molar-refractivity contribution in [2.75, 3.05) is 32.0 Å². The molecular formula is C20H33N4O4S+. The van der Waals surface area contributed by atoms with E-state index in [9.17, 15) is 18.0 Å². The molecule has 1 saturated heterocycles. The van der Waals surface area contributed by atoms with Crippen molar-refractivity contribution in [1.82, 2.24) is 9.62 Å². The number of hydrogen-bond donors (Lipinski definition) is 3. The largest absolute Gasteiger partial charge is 0.347 e. The van der Waals surface area contributed by atoms with E-state index in [0.29, 0.717) is 18.8 Å². The van der Waals surface area contributed by atoms with Crippen LogP contribution in [0.1, 0.15) is 40.5 Å².